The molecule has 0 bridgehead atoms. The summed E-state index contributed by atoms with van der Waals surface area (Å²) in [6.45, 7) is 2.06. The second-order valence-corrected chi connectivity index (χ2v) is 3.13. The third kappa shape index (κ3) is 3.89. The lowest BCUT2D eigenvalue weighted by Gasteiger charge is -1.96. The van der Waals surface area contributed by atoms with Gasteiger partial charge in [-0.1, -0.05) is 11.8 Å². The summed E-state index contributed by atoms with van der Waals surface area (Å²) in [6.07, 6.45) is 0.0105. The zero-order valence-corrected chi connectivity index (χ0v) is 9.36. The molecule has 0 radical (unpaired) electrons. The average molecular weight is 229 g/mol. The van der Waals surface area contributed by atoms with Crippen LogP contribution in [0.15, 0.2) is 18.2 Å². The predicted molar refractivity (Wildman–Crippen MR) is 60.9 cm³/mol. The van der Waals surface area contributed by atoms with Crippen LogP contribution in [-0.4, -0.2) is 17.7 Å². The number of ether oxygens (including phenoxy) is 1. The third-order valence-electron chi connectivity index (χ3n) is 1.89. The predicted octanol–water partition coefficient (Wildman–Crippen LogP) is 1.57. The van der Waals surface area contributed by atoms with Gasteiger partial charge in [-0.05, 0) is 25.1 Å². The molecule has 4 nitrogen and oxygen atoms in total. The minimum absolute atomic E-state index is 0.0105. The number of hydrogen-bond acceptors (Lipinski definition) is 4. The van der Waals surface area contributed by atoms with E-state index in [0.29, 0.717) is 12.2 Å². The van der Waals surface area contributed by atoms with Crippen LogP contribution < -0.4 is 0 Å². The normalized spacial score (nSPS) is 8.71. The summed E-state index contributed by atoms with van der Waals surface area (Å²) in [5, 5.41) is 18.0. The smallest absolute Gasteiger partial charge is 0.317 e. The molecular weight excluding hydrogens is 218 g/mol. The maximum absolute atomic E-state index is 11.0. The molecule has 0 saturated heterocycles. The molecule has 0 spiro atoms. The summed E-state index contributed by atoms with van der Waals surface area (Å²) in [4.78, 5) is 11.0. The molecule has 0 aliphatic carbocycles. The van der Waals surface area contributed by atoms with Crippen molar-refractivity contribution in [2.75, 3.05) is 6.61 Å². The fraction of sp³-hybridized carbons (Fsp3) is 0.231. The highest BCUT2D eigenvalue weighted by Crippen LogP contribution is 2.16. The number of phenols is 1. The highest BCUT2D eigenvalue weighted by molar-refractivity contribution is 5.72. The molecule has 0 heterocycles. The molecule has 0 aromatic heterocycles. The number of carbonyl (C=O) groups excluding carboxylic acids is 1. The van der Waals surface area contributed by atoms with Crippen molar-refractivity contribution in [2.45, 2.75) is 13.3 Å². The number of esters is 1. The Hall–Kier alpha value is -2.46. The van der Waals surface area contributed by atoms with Gasteiger partial charge in [-0.3, -0.25) is 4.79 Å². The molecule has 1 aromatic carbocycles. The Balaban J connectivity index is 2.73. The largest absolute Gasteiger partial charge is 0.507 e. The van der Waals surface area contributed by atoms with Crippen molar-refractivity contribution >= 4 is 5.97 Å². The van der Waals surface area contributed by atoms with E-state index in [0.717, 1.165) is 0 Å². The van der Waals surface area contributed by atoms with Crippen LogP contribution >= 0.6 is 0 Å². The molecule has 0 saturated carbocycles. The Morgan fingerprint density at radius 2 is 2.29 bits per heavy atom. The average Bonchev–Trinajstić information content (AvgIpc) is 2.31. The molecule has 1 aromatic rings. The Morgan fingerprint density at radius 3 is 2.94 bits per heavy atom. The quantitative estimate of drug-likeness (QED) is 0.617. The van der Waals surface area contributed by atoms with Crippen LogP contribution in [0.4, 0.5) is 0 Å². The van der Waals surface area contributed by atoms with Gasteiger partial charge in [0.2, 0.25) is 0 Å². The lowest BCUT2D eigenvalue weighted by atomic mass is 10.1. The fourth-order valence-electron chi connectivity index (χ4n) is 1.13. The van der Waals surface area contributed by atoms with Gasteiger partial charge in [-0.25, -0.2) is 0 Å². The number of benzene rings is 1. The van der Waals surface area contributed by atoms with Crippen LogP contribution in [0.1, 0.15) is 24.5 Å². The summed E-state index contributed by atoms with van der Waals surface area (Å²) in [5.74, 6) is 4.91. The molecule has 0 fully saturated rings. The van der Waals surface area contributed by atoms with E-state index in [1.165, 1.54) is 12.1 Å². The first-order chi connectivity index (χ1) is 8.17. The minimum Gasteiger partial charge on any atom is -0.507 e. The van der Waals surface area contributed by atoms with Crippen LogP contribution in [0, 0.1) is 23.2 Å². The lowest BCUT2D eigenvalue weighted by molar-refractivity contribution is -0.141. The van der Waals surface area contributed by atoms with Crippen LogP contribution in [0.3, 0.4) is 0 Å². The first-order valence-electron chi connectivity index (χ1n) is 5.05. The molecule has 17 heavy (non-hydrogen) atoms. The van der Waals surface area contributed by atoms with Gasteiger partial charge in [0, 0.05) is 5.56 Å². The lowest BCUT2D eigenvalue weighted by Crippen LogP contribution is -2.01. The molecule has 0 amide bonds. The van der Waals surface area contributed by atoms with Gasteiger partial charge >= 0.3 is 5.97 Å². The first-order valence-corrected chi connectivity index (χ1v) is 5.05. The van der Waals surface area contributed by atoms with Crippen molar-refractivity contribution in [2.24, 2.45) is 0 Å². The van der Waals surface area contributed by atoms with Crippen molar-refractivity contribution in [3.8, 4) is 23.7 Å². The Bertz CT molecular complexity index is 518. The maximum Gasteiger partial charge on any atom is 0.317 e. The van der Waals surface area contributed by atoms with E-state index in [4.69, 9.17) is 10.00 Å². The number of rotatable bonds is 2. The van der Waals surface area contributed by atoms with Gasteiger partial charge in [-0.15, -0.1) is 0 Å². The van der Waals surface area contributed by atoms with Crippen LogP contribution in [0.25, 0.3) is 0 Å². The van der Waals surface area contributed by atoms with E-state index < -0.39 is 0 Å². The highest BCUT2D eigenvalue weighted by atomic mass is 16.5. The van der Waals surface area contributed by atoms with Gasteiger partial charge in [0.25, 0.3) is 0 Å². The van der Waals surface area contributed by atoms with Gasteiger partial charge in [0.1, 0.15) is 18.2 Å². The number of phenolic OH excluding ortho intramolecular Hbond substituents is 1. The Labute approximate surface area is 99.4 Å². The molecule has 0 aliphatic rings. The van der Waals surface area contributed by atoms with E-state index in [-0.39, 0.29) is 23.7 Å². The van der Waals surface area contributed by atoms with Crippen molar-refractivity contribution in [3.63, 3.8) is 0 Å². The second kappa shape index (κ2) is 6.19. The molecule has 1 rings (SSSR count). The van der Waals surface area contributed by atoms with E-state index in [2.05, 4.69) is 11.8 Å². The van der Waals surface area contributed by atoms with Crippen LogP contribution in [0.5, 0.6) is 5.75 Å². The highest BCUT2D eigenvalue weighted by Gasteiger charge is 2.00. The fourth-order valence-corrected chi connectivity index (χ4v) is 1.13. The summed E-state index contributed by atoms with van der Waals surface area (Å²) in [5.41, 5.74) is 0.733. The summed E-state index contributed by atoms with van der Waals surface area (Å²) < 4.78 is 4.71. The molecular formula is C13H11NO3. The third-order valence-corrected chi connectivity index (χ3v) is 1.89. The Morgan fingerprint density at radius 1 is 1.53 bits per heavy atom. The SMILES string of the molecule is CCOC(=O)CC#Cc1ccc(O)c(C#N)c1. The maximum atomic E-state index is 11.0. The number of aromatic hydroxyl groups is 1. The molecule has 4 heteroatoms. The van der Waals surface area contributed by atoms with Gasteiger partial charge in [0.05, 0.1) is 12.2 Å². The minimum atomic E-state index is -0.376. The zero-order valence-electron chi connectivity index (χ0n) is 9.36. The summed E-state index contributed by atoms with van der Waals surface area (Å²) in [7, 11) is 0. The van der Waals surface area contributed by atoms with Crippen LogP contribution in [0.2, 0.25) is 0 Å². The van der Waals surface area contributed by atoms with Crippen molar-refractivity contribution in [3.05, 3.63) is 29.3 Å². The molecule has 0 unspecified atom stereocenters. The molecule has 0 atom stereocenters. The number of nitriles is 1. The first kappa shape index (κ1) is 12.6. The second-order valence-electron chi connectivity index (χ2n) is 3.13. The standard InChI is InChI=1S/C13H11NO3/c1-2-17-13(16)5-3-4-10-6-7-12(15)11(8-10)9-14/h6-8,15H,2,5H2,1H3. The molecule has 1 N–H and O–H groups in total. The zero-order chi connectivity index (χ0) is 12.7. The molecule has 0 aliphatic heterocycles. The van der Waals surface area contributed by atoms with Crippen LogP contribution in [-0.2, 0) is 9.53 Å². The monoisotopic (exact) mass is 229 g/mol. The topological polar surface area (TPSA) is 70.3 Å². The van der Waals surface area contributed by atoms with Gasteiger partial charge in [0.15, 0.2) is 0 Å². The van der Waals surface area contributed by atoms with Crippen molar-refractivity contribution in [1.29, 1.82) is 5.26 Å². The summed E-state index contributed by atoms with van der Waals surface area (Å²) in [6, 6.07) is 6.28. The van der Waals surface area contributed by atoms with E-state index >= 15 is 0 Å². The van der Waals surface area contributed by atoms with E-state index in [1.807, 2.05) is 6.07 Å². The number of hydrogen-bond donors (Lipinski definition) is 1. The van der Waals surface area contributed by atoms with Gasteiger partial charge < -0.3 is 9.84 Å². The Kier molecular flexibility index (Phi) is 4.59. The van der Waals surface area contributed by atoms with Crippen molar-refractivity contribution in [1.82, 2.24) is 0 Å². The summed E-state index contributed by atoms with van der Waals surface area (Å²) >= 11 is 0. The van der Waals surface area contributed by atoms with Gasteiger partial charge in [-0.2, -0.15) is 5.26 Å². The number of nitrogens with zero attached hydrogens (tertiary/aromatic N) is 1. The van der Waals surface area contributed by atoms with Crippen molar-refractivity contribution < 1.29 is 14.6 Å². The number of carbonyl (C=O) groups is 1. The molecule has 86 valence electrons. The van der Waals surface area contributed by atoms with E-state index in [9.17, 15) is 9.90 Å². The van der Waals surface area contributed by atoms with E-state index in [1.54, 1.807) is 13.0 Å².